The van der Waals surface area contributed by atoms with Crippen molar-refractivity contribution >= 4 is 34.7 Å². The zero-order valence-corrected chi connectivity index (χ0v) is 25.2. The van der Waals surface area contributed by atoms with Gasteiger partial charge in [-0.25, -0.2) is 14.0 Å². The van der Waals surface area contributed by atoms with Crippen LogP contribution in [0.2, 0.25) is 6.32 Å². The fraction of sp³-hybridized carbons (Fsp3) is 0.263. The summed E-state index contributed by atoms with van der Waals surface area (Å²) in [6, 6.07) is 33.8. The maximum absolute atomic E-state index is 2.66. The van der Waals surface area contributed by atoms with Crippen LogP contribution in [0.4, 0.5) is 11.5 Å². The van der Waals surface area contributed by atoms with Gasteiger partial charge in [0.15, 0.2) is 6.20 Å². The molecule has 4 heteroatoms. The third-order valence-electron chi connectivity index (χ3n) is 10.4. The number of benzene rings is 2. The molecular weight excluding hydrogens is 509 g/mol. The van der Waals surface area contributed by atoms with E-state index < -0.39 is 0 Å². The number of para-hydroxylation sites is 1. The van der Waals surface area contributed by atoms with E-state index in [1.807, 2.05) is 0 Å². The predicted octanol–water partition coefficient (Wildman–Crippen LogP) is 6.04. The van der Waals surface area contributed by atoms with Crippen LogP contribution in [-0.2, 0) is 12.6 Å². The Bertz CT molecular complexity index is 1740. The van der Waals surface area contributed by atoms with Gasteiger partial charge in [0.2, 0.25) is 12.4 Å². The average molecular weight is 550 g/mol. The van der Waals surface area contributed by atoms with Gasteiger partial charge < -0.3 is 0 Å². The second kappa shape index (κ2) is 10.3. The summed E-state index contributed by atoms with van der Waals surface area (Å²) in [5, 5.41) is 0. The highest BCUT2D eigenvalue weighted by molar-refractivity contribution is 6.86. The zero-order valence-electron chi connectivity index (χ0n) is 25.2. The van der Waals surface area contributed by atoms with Crippen LogP contribution in [0.5, 0.6) is 0 Å². The largest absolute Gasteiger partial charge is 0.282 e. The summed E-state index contributed by atoms with van der Waals surface area (Å²) in [7, 11) is 2.18. The summed E-state index contributed by atoms with van der Waals surface area (Å²) < 4.78 is 4.87. The molecule has 2 aliphatic heterocycles. The lowest BCUT2D eigenvalue weighted by atomic mass is 9.34. The Kier molecular flexibility index (Phi) is 6.53. The van der Waals surface area contributed by atoms with Crippen LogP contribution in [0.1, 0.15) is 39.3 Å². The van der Waals surface area contributed by atoms with Gasteiger partial charge in [0.1, 0.15) is 24.3 Å². The van der Waals surface area contributed by atoms with Crippen molar-refractivity contribution in [1.82, 2.24) is 0 Å². The number of hydrogen-bond donors (Lipinski definition) is 0. The van der Waals surface area contributed by atoms with Crippen LogP contribution < -0.4 is 25.0 Å². The van der Waals surface area contributed by atoms with Crippen LogP contribution in [0.15, 0.2) is 133 Å². The Morgan fingerprint density at radius 3 is 2.43 bits per heavy atom. The molecule has 2 aromatic carbocycles. The van der Waals surface area contributed by atoms with Crippen molar-refractivity contribution in [1.29, 1.82) is 0 Å². The van der Waals surface area contributed by atoms with E-state index in [2.05, 4.69) is 170 Å². The van der Waals surface area contributed by atoms with Crippen molar-refractivity contribution in [2.45, 2.75) is 51.5 Å². The minimum atomic E-state index is -0.333. The smallest absolute Gasteiger partial charge is 0.225 e. The highest BCUT2D eigenvalue weighted by Crippen LogP contribution is 2.55. The first kappa shape index (κ1) is 26.7. The normalized spacial score (nSPS) is 24.9. The molecule has 7 rings (SSSR count). The Hall–Kier alpha value is -4.18. The third-order valence-corrected chi connectivity index (χ3v) is 10.4. The summed E-state index contributed by atoms with van der Waals surface area (Å²) in [4.78, 5) is 2.66. The van der Waals surface area contributed by atoms with Crippen molar-refractivity contribution in [3.8, 4) is 0 Å². The molecule has 42 heavy (non-hydrogen) atoms. The minimum Gasteiger partial charge on any atom is -0.225 e. The maximum Gasteiger partial charge on any atom is 0.282 e. The van der Waals surface area contributed by atoms with Crippen molar-refractivity contribution in [2.24, 2.45) is 12.5 Å². The molecule has 0 spiro atoms. The highest BCUT2D eigenvalue weighted by Gasteiger charge is 2.65. The van der Waals surface area contributed by atoms with Gasteiger partial charge in [-0.15, -0.1) is 0 Å². The van der Waals surface area contributed by atoms with Gasteiger partial charge >= 0.3 is 0 Å². The fourth-order valence-electron chi connectivity index (χ4n) is 8.28. The Labute approximate surface area is 251 Å². The standard InChI is InChI=1S/C38H40BN3/c1-5-25-37(2)35-28-39(29-17-7-6-8-18-29)32-21-11-12-23-34(32)42(35)36-24-14-16-27-41(36)38(37,3)31-20-10-9-19-30(31)33-22-13-15-26-40(33)4/h5-8,10-18,20-27,35H,9,19,28H2,1-4H3/q+2. The van der Waals surface area contributed by atoms with Crippen molar-refractivity contribution < 1.29 is 9.13 Å². The second-order valence-corrected chi connectivity index (χ2v) is 12.5. The highest BCUT2D eigenvalue weighted by atomic mass is 15.3. The number of nitrogens with zero attached hydrogens (tertiary/aromatic N) is 3. The van der Waals surface area contributed by atoms with Gasteiger partial charge in [0.05, 0.1) is 11.6 Å². The van der Waals surface area contributed by atoms with E-state index in [-0.39, 0.29) is 17.0 Å². The lowest BCUT2D eigenvalue weighted by Crippen LogP contribution is -2.76. The van der Waals surface area contributed by atoms with E-state index in [4.69, 9.17) is 0 Å². The van der Waals surface area contributed by atoms with Gasteiger partial charge in [-0.1, -0.05) is 84.4 Å². The van der Waals surface area contributed by atoms with E-state index in [1.54, 1.807) is 0 Å². The molecule has 0 saturated heterocycles. The molecule has 0 bridgehead atoms. The Morgan fingerprint density at radius 1 is 0.881 bits per heavy atom. The molecule has 3 aliphatic rings. The molecule has 0 N–H and O–H groups in total. The minimum absolute atomic E-state index is 0.225. The molecule has 3 nitrogen and oxygen atoms in total. The molecule has 2 aromatic heterocycles. The second-order valence-electron chi connectivity index (χ2n) is 12.5. The van der Waals surface area contributed by atoms with E-state index in [0.717, 1.165) is 19.2 Å². The first-order chi connectivity index (χ1) is 20.5. The van der Waals surface area contributed by atoms with Crippen LogP contribution in [-0.4, -0.2) is 12.8 Å². The zero-order chi connectivity index (χ0) is 28.9. The van der Waals surface area contributed by atoms with E-state index in [0.29, 0.717) is 6.71 Å². The number of rotatable bonds is 4. The van der Waals surface area contributed by atoms with E-state index in [9.17, 15) is 0 Å². The van der Waals surface area contributed by atoms with Crippen LogP contribution >= 0.6 is 0 Å². The summed E-state index contributed by atoms with van der Waals surface area (Å²) in [5.74, 6) is 1.26. The van der Waals surface area contributed by atoms with Gasteiger partial charge in [-0.3, -0.25) is 0 Å². The lowest BCUT2D eigenvalue weighted by Gasteiger charge is -2.56. The summed E-state index contributed by atoms with van der Waals surface area (Å²) in [5.41, 5.74) is 7.75. The molecule has 0 fully saturated rings. The number of allylic oxidation sites excluding steroid dienone is 5. The van der Waals surface area contributed by atoms with Crippen molar-refractivity contribution in [3.63, 3.8) is 0 Å². The Balaban J connectivity index is 1.55. The number of fused-ring (bicyclic) bond motifs is 5. The SMILES string of the molecule is CC=CC1(C)C2CB(c3ccccc3)c3ccccc3N2c2cccc[n+]2C1(C)C1=C(c2cccc[n+]2C)CCC=C1. The fourth-order valence-corrected chi connectivity index (χ4v) is 8.28. The topological polar surface area (TPSA) is 11.0 Å². The molecule has 0 amide bonds. The Morgan fingerprint density at radius 2 is 1.62 bits per heavy atom. The molecule has 4 heterocycles. The lowest BCUT2D eigenvalue weighted by molar-refractivity contribution is -0.758. The van der Waals surface area contributed by atoms with Crippen LogP contribution in [0, 0.1) is 5.41 Å². The summed E-state index contributed by atoms with van der Waals surface area (Å²) in [6.07, 6.45) is 17.3. The predicted molar refractivity (Wildman–Crippen MR) is 175 cm³/mol. The molecule has 0 saturated carbocycles. The molecular formula is C38H40BN3+2. The quantitative estimate of drug-likeness (QED) is 0.172. The van der Waals surface area contributed by atoms with Crippen molar-refractivity contribution in [2.75, 3.05) is 4.90 Å². The molecule has 0 radical (unpaired) electrons. The molecule has 3 unspecified atom stereocenters. The molecule has 1 aliphatic carbocycles. The maximum atomic E-state index is 2.66. The molecule has 3 atom stereocenters. The van der Waals surface area contributed by atoms with Crippen LogP contribution in [0.25, 0.3) is 5.57 Å². The van der Waals surface area contributed by atoms with Gasteiger partial charge in [0, 0.05) is 29.3 Å². The van der Waals surface area contributed by atoms with Crippen molar-refractivity contribution in [3.05, 3.63) is 139 Å². The molecule has 208 valence electrons. The summed E-state index contributed by atoms with van der Waals surface area (Å²) >= 11 is 0. The average Bonchev–Trinajstić information content (AvgIpc) is 3.04. The number of pyridine rings is 2. The summed E-state index contributed by atoms with van der Waals surface area (Å²) in [6.45, 7) is 7.53. The number of anilines is 2. The van der Waals surface area contributed by atoms with Gasteiger partial charge in [-0.2, -0.15) is 0 Å². The number of aryl methyl sites for hydroxylation is 1. The molecule has 4 aromatic rings. The third kappa shape index (κ3) is 3.81. The first-order valence-corrected chi connectivity index (χ1v) is 15.4. The van der Waals surface area contributed by atoms with E-state index >= 15 is 0 Å². The van der Waals surface area contributed by atoms with Gasteiger partial charge in [0.25, 0.3) is 5.82 Å². The van der Waals surface area contributed by atoms with Crippen LogP contribution in [0.3, 0.4) is 0 Å². The van der Waals surface area contributed by atoms with Gasteiger partial charge in [-0.05, 0) is 63.6 Å². The number of hydrogen-bond acceptors (Lipinski definition) is 1. The van der Waals surface area contributed by atoms with E-state index in [1.165, 1.54) is 39.3 Å². The number of aromatic nitrogens is 2. The monoisotopic (exact) mass is 549 g/mol. The first-order valence-electron chi connectivity index (χ1n) is 15.4.